The van der Waals surface area contributed by atoms with E-state index in [1.807, 2.05) is 66.7 Å². The Morgan fingerprint density at radius 2 is 1.70 bits per heavy atom. The lowest BCUT2D eigenvalue weighted by Crippen LogP contribution is -2.23. The van der Waals surface area contributed by atoms with Gasteiger partial charge in [-0.05, 0) is 29.8 Å². The fraction of sp³-hybridized carbons (Fsp3) is 0.0769. The lowest BCUT2D eigenvalue weighted by Gasteiger charge is -2.15. The molecule has 4 aromatic rings. The first-order valence-corrected chi connectivity index (χ1v) is 9.96. The average Bonchev–Trinajstić information content (AvgIpc) is 2.97. The molecule has 30 heavy (non-hydrogen) atoms. The molecule has 0 saturated carbocycles. The van der Waals surface area contributed by atoms with Crippen molar-refractivity contribution >= 4 is 34.1 Å². The molecular formula is C26H20N2O2. The average molecular weight is 392 g/mol. The van der Waals surface area contributed by atoms with Crippen LogP contribution in [0, 0.1) is 0 Å². The summed E-state index contributed by atoms with van der Waals surface area (Å²) in [7, 11) is 0. The first-order chi connectivity index (χ1) is 14.8. The molecule has 0 unspecified atom stereocenters. The second-order valence-corrected chi connectivity index (χ2v) is 7.29. The Kier molecular flexibility index (Phi) is 4.74. The first-order valence-electron chi connectivity index (χ1n) is 9.96. The topological polar surface area (TPSA) is 54.6 Å². The van der Waals surface area contributed by atoms with Crippen molar-refractivity contribution in [3.05, 3.63) is 113 Å². The summed E-state index contributed by atoms with van der Waals surface area (Å²) in [4.78, 5) is 17.6. The molecule has 0 aliphatic carbocycles. The molecule has 2 heterocycles. The minimum Gasteiger partial charge on any atom is -0.422 e. The third-order valence-corrected chi connectivity index (χ3v) is 5.19. The van der Waals surface area contributed by atoms with Gasteiger partial charge < -0.3 is 9.73 Å². The quantitative estimate of drug-likeness (QED) is 0.448. The third kappa shape index (κ3) is 3.67. The van der Waals surface area contributed by atoms with Crippen molar-refractivity contribution in [3.8, 4) is 0 Å². The van der Waals surface area contributed by atoms with Gasteiger partial charge in [0.25, 0.3) is 0 Å². The molecule has 146 valence electrons. The highest BCUT2D eigenvalue weighted by molar-refractivity contribution is 6.05. The lowest BCUT2D eigenvalue weighted by atomic mass is 10.0. The predicted molar refractivity (Wildman–Crippen MR) is 123 cm³/mol. The van der Waals surface area contributed by atoms with Gasteiger partial charge in [0.15, 0.2) is 0 Å². The fourth-order valence-electron chi connectivity index (χ4n) is 3.68. The number of hydrogen-bond acceptors (Lipinski definition) is 4. The van der Waals surface area contributed by atoms with Gasteiger partial charge in [-0.3, -0.25) is 4.99 Å². The molecule has 1 aliphatic heterocycles. The molecular weight excluding hydrogens is 372 g/mol. The Morgan fingerprint density at radius 1 is 0.933 bits per heavy atom. The van der Waals surface area contributed by atoms with Crippen molar-refractivity contribution in [2.24, 2.45) is 4.99 Å². The monoisotopic (exact) mass is 392 g/mol. The number of nitrogens with one attached hydrogen (secondary N) is 1. The van der Waals surface area contributed by atoms with E-state index >= 15 is 0 Å². The van der Waals surface area contributed by atoms with E-state index in [1.54, 1.807) is 6.07 Å². The molecule has 4 nitrogen and oxygen atoms in total. The Labute approximate surface area is 174 Å². The zero-order valence-corrected chi connectivity index (χ0v) is 16.3. The van der Waals surface area contributed by atoms with Crippen molar-refractivity contribution in [1.82, 2.24) is 0 Å². The van der Waals surface area contributed by atoms with Gasteiger partial charge in [-0.1, -0.05) is 72.8 Å². The van der Waals surface area contributed by atoms with Crippen LogP contribution in [0.4, 0.5) is 11.4 Å². The van der Waals surface area contributed by atoms with E-state index < -0.39 is 0 Å². The van der Waals surface area contributed by atoms with Gasteiger partial charge in [0.05, 0.1) is 28.7 Å². The number of hydrogen-bond donors (Lipinski definition) is 1. The normalized spacial score (nSPS) is 16.0. The molecule has 0 amide bonds. The van der Waals surface area contributed by atoms with Crippen molar-refractivity contribution in [1.29, 1.82) is 0 Å². The standard InChI is InChI=1S/C26H20N2O2/c29-26-21(16-19-10-4-7-13-25(19)30-26)24-17-20(15-14-18-8-2-1-3-9-18)27-22-11-5-6-12-23(22)28-24/h1-16,20,27H,17H2/b15-14+/t20-/m1/s1. The number of aliphatic imine (C=N–C) groups is 1. The van der Waals surface area contributed by atoms with Gasteiger partial charge in [0.2, 0.25) is 0 Å². The van der Waals surface area contributed by atoms with Crippen molar-refractivity contribution < 1.29 is 4.42 Å². The molecule has 3 aromatic carbocycles. The van der Waals surface area contributed by atoms with Gasteiger partial charge in [0.1, 0.15) is 5.58 Å². The molecule has 4 heteroatoms. The van der Waals surface area contributed by atoms with Crippen molar-refractivity contribution in [2.75, 3.05) is 5.32 Å². The highest BCUT2D eigenvalue weighted by Crippen LogP contribution is 2.30. The summed E-state index contributed by atoms with van der Waals surface area (Å²) in [6.07, 6.45) is 4.78. The third-order valence-electron chi connectivity index (χ3n) is 5.19. The maximum Gasteiger partial charge on any atom is 0.345 e. The maximum atomic E-state index is 12.8. The molecule has 0 radical (unpaired) electrons. The molecule has 0 bridgehead atoms. The predicted octanol–water partition coefficient (Wildman–Crippen LogP) is 5.81. The van der Waals surface area contributed by atoms with E-state index in [1.165, 1.54) is 0 Å². The zero-order chi connectivity index (χ0) is 20.3. The molecule has 1 aliphatic rings. The van der Waals surface area contributed by atoms with Crippen LogP contribution in [0.1, 0.15) is 17.5 Å². The van der Waals surface area contributed by atoms with E-state index in [2.05, 4.69) is 29.6 Å². The summed E-state index contributed by atoms with van der Waals surface area (Å²) in [5.74, 6) is 0. The van der Waals surface area contributed by atoms with Crippen LogP contribution in [0.15, 0.2) is 105 Å². The van der Waals surface area contributed by atoms with Gasteiger partial charge in [-0.2, -0.15) is 0 Å². The van der Waals surface area contributed by atoms with Crippen LogP contribution >= 0.6 is 0 Å². The fourth-order valence-corrected chi connectivity index (χ4v) is 3.68. The Hall–Kier alpha value is -3.92. The van der Waals surface area contributed by atoms with Crippen LogP contribution in [0.25, 0.3) is 17.0 Å². The van der Waals surface area contributed by atoms with Crippen LogP contribution in [0.5, 0.6) is 0 Å². The first kappa shape index (κ1) is 18.1. The van der Waals surface area contributed by atoms with E-state index in [0.29, 0.717) is 17.6 Å². The van der Waals surface area contributed by atoms with E-state index in [9.17, 15) is 4.79 Å². The Morgan fingerprint density at radius 3 is 2.60 bits per heavy atom. The molecule has 1 N–H and O–H groups in total. The lowest BCUT2D eigenvalue weighted by molar-refractivity contribution is 0.559. The number of anilines is 1. The number of fused-ring (bicyclic) bond motifs is 2. The van der Waals surface area contributed by atoms with E-state index in [-0.39, 0.29) is 11.7 Å². The summed E-state index contributed by atoms with van der Waals surface area (Å²) in [5.41, 5.74) is 4.33. The van der Waals surface area contributed by atoms with Gasteiger partial charge in [-0.15, -0.1) is 0 Å². The van der Waals surface area contributed by atoms with Crippen LogP contribution < -0.4 is 10.9 Å². The molecule has 0 spiro atoms. The second-order valence-electron chi connectivity index (χ2n) is 7.29. The SMILES string of the molecule is O=c1oc2ccccc2cc1C1=Nc2ccccc2N[C@H](/C=C/c2ccccc2)C1. The molecule has 0 saturated heterocycles. The number of para-hydroxylation sites is 3. The van der Waals surface area contributed by atoms with Gasteiger partial charge in [-0.25, -0.2) is 4.79 Å². The van der Waals surface area contributed by atoms with Crippen molar-refractivity contribution in [2.45, 2.75) is 12.5 Å². The Balaban J connectivity index is 1.58. The molecule has 5 rings (SSSR count). The summed E-state index contributed by atoms with van der Waals surface area (Å²) in [5, 5.41) is 4.44. The van der Waals surface area contributed by atoms with Gasteiger partial charge in [0, 0.05) is 11.8 Å². The number of rotatable bonds is 3. The largest absolute Gasteiger partial charge is 0.422 e. The summed E-state index contributed by atoms with van der Waals surface area (Å²) in [6.45, 7) is 0. The maximum absolute atomic E-state index is 12.8. The molecule has 0 fully saturated rings. The van der Waals surface area contributed by atoms with Crippen LogP contribution in [-0.4, -0.2) is 11.8 Å². The highest BCUT2D eigenvalue weighted by atomic mass is 16.4. The highest BCUT2D eigenvalue weighted by Gasteiger charge is 2.20. The number of benzene rings is 3. The van der Waals surface area contributed by atoms with E-state index in [0.717, 1.165) is 28.0 Å². The van der Waals surface area contributed by atoms with Crippen molar-refractivity contribution in [3.63, 3.8) is 0 Å². The summed E-state index contributed by atoms with van der Waals surface area (Å²) >= 11 is 0. The van der Waals surface area contributed by atoms with E-state index in [4.69, 9.17) is 9.41 Å². The summed E-state index contributed by atoms with van der Waals surface area (Å²) in [6, 6.07) is 27.5. The zero-order valence-electron chi connectivity index (χ0n) is 16.3. The summed E-state index contributed by atoms with van der Waals surface area (Å²) < 4.78 is 5.56. The molecule has 1 aromatic heterocycles. The Bertz CT molecular complexity index is 1320. The smallest absolute Gasteiger partial charge is 0.345 e. The minimum atomic E-state index is -0.363. The number of nitrogens with zero attached hydrogens (tertiary/aromatic N) is 1. The second kappa shape index (κ2) is 7.84. The van der Waals surface area contributed by atoms with Gasteiger partial charge >= 0.3 is 5.63 Å². The minimum absolute atomic E-state index is 0.0153. The van der Waals surface area contributed by atoms with Crippen LogP contribution in [0.2, 0.25) is 0 Å². The van der Waals surface area contributed by atoms with Crippen LogP contribution in [-0.2, 0) is 0 Å². The van der Waals surface area contributed by atoms with Crippen LogP contribution in [0.3, 0.4) is 0 Å². The molecule has 1 atom stereocenters.